The standard InChI is InChI=1S/C36H46N2O4/c1-25-29(11-9-14-32(25)41-22-10-19-38-21-18-36(38,5)6)31-13-8-12-30(33(31)40-7)27-15-16-28-24-37(20-17-26(28)23-27)34(39)42-35(2,3)4/h8-9,11-16,23H,10,17-22,24H2,1-7H3. The van der Waals surface area contributed by atoms with Crippen LogP contribution in [0, 0.1) is 6.92 Å². The first-order valence-electron chi connectivity index (χ1n) is 15.2. The van der Waals surface area contributed by atoms with E-state index in [2.05, 4.69) is 80.3 Å². The third kappa shape index (κ3) is 6.44. The fraction of sp³-hybridized carbons (Fsp3) is 0.472. The first-order chi connectivity index (χ1) is 20.0. The highest BCUT2D eigenvalue weighted by Gasteiger charge is 2.34. The summed E-state index contributed by atoms with van der Waals surface area (Å²) in [5.41, 5.74) is 7.68. The van der Waals surface area contributed by atoms with Crippen molar-refractivity contribution < 1.29 is 19.0 Å². The SMILES string of the molecule is COc1c(-c2ccc3c(c2)CCN(C(=O)OC(C)(C)C)C3)cccc1-c1cccc(OCCCN2CCC2(C)C)c1C. The lowest BCUT2D eigenvalue weighted by atomic mass is 9.89. The van der Waals surface area contributed by atoms with Crippen molar-refractivity contribution in [2.24, 2.45) is 0 Å². The summed E-state index contributed by atoms with van der Waals surface area (Å²) in [7, 11) is 1.74. The minimum Gasteiger partial charge on any atom is -0.495 e. The number of fused-ring (bicyclic) bond motifs is 1. The van der Waals surface area contributed by atoms with E-state index in [1.54, 1.807) is 12.0 Å². The summed E-state index contributed by atoms with van der Waals surface area (Å²) in [6, 6.07) is 19.1. The topological polar surface area (TPSA) is 51.2 Å². The molecule has 5 rings (SSSR count). The zero-order chi connectivity index (χ0) is 30.1. The second-order valence-electron chi connectivity index (χ2n) is 13.2. The summed E-state index contributed by atoms with van der Waals surface area (Å²) < 4.78 is 18.0. The molecule has 0 radical (unpaired) electrons. The van der Waals surface area contributed by atoms with E-state index < -0.39 is 5.60 Å². The van der Waals surface area contributed by atoms with Crippen LogP contribution in [0.2, 0.25) is 0 Å². The van der Waals surface area contributed by atoms with Gasteiger partial charge in [-0.2, -0.15) is 0 Å². The fourth-order valence-electron chi connectivity index (χ4n) is 6.03. The number of carbonyl (C=O) groups excluding carboxylic acids is 1. The Kier molecular flexibility index (Phi) is 8.56. The Morgan fingerprint density at radius 3 is 2.38 bits per heavy atom. The van der Waals surface area contributed by atoms with Crippen molar-refractivity contribution in [3.05, 3.63) is 71.3 Å². The molecule has 6 nitrogen and oxygen atoms in total. The third-order valence-corrected chi connectivity index (χ3v) is 8.65. The normalized spacial score (nSPS) is 16.4. The largest absolute Gasteiger partial charge is 0.495 e. The number of hydrogen-bond acceptors (Lipinski definition) is 5. The monoisotopic (exact) mass is 570 g/mol. The van der Waals surface area contributed by atoms with Crippen molar-refractivity contribution in [1.82, 2.24) is 9.80 Å². The van der Waals surface area contributed by atoms with E-state index in [0.717, 1.165) is 64.3 Å². The van der Waals surface area contributed by atoms with Crippen molar-refractivity contribution in [3.8, 4) is 33.8 Å². The molecule has 0 bridgehead atoms. The van der Waals surface area contributed by atoms with Gasteiger partial charge in [0.25, 0.3) is 0 Å². The summed E-state index contributed by atoms with van der Waals surface area (Å²) in [4.78, 5) is 17.0. The van der Waals surface area contributed by atoms with Gasteiger partial charge in [-0.3, -0.25) is 4.90 Å². The second-order valence-corrected chi connectivity index (χ2v) is 13.2. The summed E-state index contributed by atoms with van der Waals surface area (Å²) in [5.74, 6) is 1.77. The molecule has 3 aromatic rings. The second kappa shape index (κ2) is 12.0. The highest BCUT2D eigenvalue weighted by Crippen LogP contribution is 2.42. The average molecular weight is 571 g/mol. The molecule has 0 saturated carbocycles. The van der Waals surface area contributed by atoms with Crippen molar-refractivity contribution in [3.63, 3.8) is 0 Å². The van der Waals surface area contributed by atoms with Crippen LogP contribution in [0.5, 0.6) is 11.5 Å². The maximum atomic E-state index is 12.6. The summed E-state index contributed by atoms with van der Waals surface area (Å²) in [6.45, 7) is 16.6. The predicted octanol–water partition coefficient (Wildman–Crippen LogP) is 7.88. The Balaban J connectivity index is 1.34. The van der Waals surface area contributed by atoms with Gasteiger partial charge in [0, 0.05) is 42.8 Å². The van der Waals surface area contributed by atoms with Crippen molar-refractivity contribution in [2.45, 2.75) is 78.5 Å². The first kappa shape index (κ1) is 30.0. The van der Waals surface area contributed by atoms with Crippen LogP contribution in [0.4, 0.5) is 4.79 Å². The molecule has 0 aliphatic carbocycles. The molecule has 1 fully saturated rings. The zero-order valence-electron chi connectivity index (χ0n) is 26.4. The number of methoxy groups -OCH3 is 1. The van der Waals surface area contributed by atoms with Gasteiger partial charge >= 0.3 is 6.09 Å². The van der Waals surface area contributed by atoms with Crippen LogP contribution in [-0.4, -0.2) is 60.4 Å². The van der Waals surface area contributed by atoms with Crippen LogP contribution in [0.25, 0.3) is 22.3 Å². The van der Waals surface area contributed by atoms with Crippen molar-refractivity contribution >= 4 is 6.09 Å². The molecular weight excluding hydrogens is 524 g/mol. The number of amides is 1. The number of nitrogens with zero attached hydrogens (tertiary/aromatic N) is 2. The number of likely N-dealkylation sites (tertiary alicyclic amines) is 1. The molecular formula is C36H46N2O4. The van der Waals surface area contributed by atoms with Crippen LogP contribution in [0.15, 0.2) is 54.6 Å². The van der Waals surface area contributed by atoms with Gasteiger partial charge in [-0.15, -0.1) is 0 Å². The molecule has 0 atom stereocenters. The summed E-state index contributed by atoms with van der Waals surface area (Å²) in [6.07, 6.45) is 2.82. The summed E-state index contributed by atoms with van der Waals surface area (Å²) in [5, 5.41) is 0. The Hall–Kier alpha value is -3.51. The van der Waals surface area contributed by atoms with E-state index in [4.69, 9.17) is 14.2 Å². The molecule has 3 aromatic carbocycles. The molecule has 2 aliphatic heterocycles. The van der Waals surface area contributed by atoms with Crippen LogP contribution in [0.3, 0.4) is 0 Å². The lowest BCUT2D eigenvalue weighted by Gasteiger charge is -2.48. The Morgan fingerprint density at radius 2 is 1.69 bits per heavy atom. The molecule has 2 aliphatic rings. The van der Waals surface area contributed by atoms with Gasteiger partial charge < -0.3 is 19.1 Å². The van der Waals surface area contributed by atoms with Crippen molar-refractivity contribution in [2.75, 3.05) is 33.4 Å². The van der Waals surface area contributed by atoms with Gasteiger partial charge in [-0.05, 0) is 94.7 Å². The number of benzene rings is 3. The average Bonchev–Trinajstić information content (AvgIpc) is 2.95. The highest BCUT2D eigenvalue weighted by molar-refractivity contribution is 5.84. The lowest BCUT2D eigenvalue weighted by Crippen LogP contribution is -2.55. The Morgan fingerprint density at radius 1 is 0.952 bits per heavy atom. The molecule has 1 amide bonds. The van der Waals surface area contributed by atoms with Crippen LogP contribution in [-0.2, 0) is 17.7 Å². The first-order valence-corrected chi connectivity index (χ1v) is 15.2. The molecule has 42 heavy (non-hydrogen) atoms. The van der Waals surface area contributed by atoms with E-state index in [1.165, 1.54) is 18.5 Å². The Labute approximate surface area is 251 Å². The van der Waals surface area contributed by atoms with Gasteiger partial charge in [0.2, 0.25) is 0 Å². The fourth-order valence-corrected chi connectivity index (χ4v) is 6.03. The van der Waals surface area contributed by atoms with Crippen LogP contribution < -0.4 is 9.47 Å². The van der Waals surface area contributed by atoms with Gasteiger partial charge in [0.05, 0.1) is 13.7 Å². The van der Waals surface area contributed by atoms with Gasteiger partial charge in [0.1, 0.15) is 17.1 Å². The molecule has 0 aromatic heterocycles. The van der Waals surface area contributed by atoms with E-state index in [9.17, 15) is 4.79 Å². The van der Waals surface area contributed by atoms with E-state index in [-0.39, 0.29) is 6.09 Å². The maximum absolute atomic E-state index is 12.6. The smallest absolute Gasteiger partial charge is 0.410 e. The minimum absolute atomic E-state index is 0.256. The molecule has 0 unspecified atom stereocenters. The van der Waals surface area contributed by atoms with Crippen LogP contribution in [0.1, 0.15) is 64.2 Å². The van der Waals surface area contributed by atoms with Gasteiger partial charge in [-0.25, -0.2) is 4.79 Å². The van der Waals surface area contributed by atoms with E-state index in [0.29, 0.717) is 25.2 Å². The number of carbonyl (C=O) groups is 1. The Bertz CT molecular complexity index is 1440. The number of rotatable bonds is 8. The molecule has 6 heteroatoms. The van der Waals surface area contributed by atoms with E-state index in [1.807, 2.05) is 20.8 Å². The van der Waals surface area contributed by atoms with Gasteiger partial charge in [-0.1, -0.05) is 48.5 Å². The third-order valence-electron chi connectivity index (χ3n) is 8.65. The quantitative estimate of drug-likeness (QED) is 0.258. The number of hydrogen-bond donors (Lipinski definition) is 0. The molecule has 0 spiro atoms. The van der Waals surface area contributed by atoms with Gasteiger partial charge in [0.15, 0.2) is 0 Å². The summed E-state index contributed by atoms with van der Waals surface area (Å²) >= 11 is 0. The molecule has 1 saturated heterocycles. The number of ether oxygens (including phenoxy) is 3. The number of para-hydroxylation sites is 1. The molecule has 224 valence electrons. The lowest BCUT2D eigenvalue weighted by molar-refractivity contribution is 0.0123. The van der Waals surface area contributed by atoms with Crippen molar-refractivity contribution in [1.29, 1.82) is 0 Å². The predicted molar refractivity (Wildman–Crippen MR) is 169 cm³/mol. The van der Waals surface area contributed by atoms with Crippen LogP contribution >= 0.6 is 0 Å². The zero-order valence-corrected chi connectivity index (χ0v) is 26.4. The maximum Gasteiger partial charge on any atom is 0.410 e. The molecule has 0 N–H and O–H groups in total. The minimum atomic E-state index is -0.502. The highest BCUT2D eigenvalue weighted by atomic mass is 16.6. The van der Waals surface area contributed by atoms with E-state index >= 15 is 0 Å². The molecule has 2 heterocycles.